The first-order valence-corrected chi connectivity index (χ1v) is 8.72. The molecule has 2 aromatic carbocycles. The average Bonchev–Trinajstić information content (AvgIpc) is 2.67. The first-order valence-electron chi connectivity index (χ1n) is 8.72. The van der Waals surface area contributed by atoms with Crippen LogP contribution in [0.1, 0.15) is 22.5 Å². The van der Waals surface area contributed by atoms with Crippen molar-refractivity contribution in [2.45, 2.75) is 25.9 Å². The molecule has 0 aliphatic heterocycles. The molecule has 31 heavy (non-hydrogen) atoms. The molecule has 3 aromatic rings. The van der Waals surface area contributed by atoms with E-state index < -0.39 is 30.1 Å². The molecule has 6 nitrogen and oxygen atoms in total. The highest BCUT2D eigenvalue weighted by Crippen LogP contribution is 2.32. The van der Waals surface area contributed by atoms with Crippen LogP contribution >= 0.6 is 0 Å². The Labute approximate surface area is 172 Å². The van der Waals surface area contributed by atoms with Crippen LogP contribution in [-0.4, -0.2) is 15.0 Å². The second-order valence-corrected chi connectivity index (χ2v) is 6.28. The van der Waals surface area contributed by atoms with Gasteiger partial charge in [-0.3, -0.25) is 4.84 Å². The second kappa shape index (κ2) is 8.76. The molecule has 164 valence electrons. The summed E-state index contributed by atoms with van der Waals surface area (Å²) in [5, 5.41) is 2.73. The van der Waals surface area contributed by atoms with E-state index in [0.29, 0.717) is 5.69 Å². The molecule has 3 rings (SSSR count). The molecule has 0 radical (unpaired) electrons. The molecule has 0 amide bonds. The Morgan fingerprint density at radius 2 is 1.45 bits per heavy atom. The molecule has 0 atom stereocenters. The molecule has 12 heteroatoms. The summed E-state index contributed by atoms with van der Waals surface area (Å²) < 4.78 is 77.0. The van der Waals surface area contributed by atoms with Gasteiger partial charge >= 0.3 is 12.4 Å². The number of rotatable bonds is 6. The SMILES string of the molecule is Cc1nc(NOCc2ccccc2C(F)(F)F)nc(Nc2ccc(C(F)(F)F)cc2)n1. The van der Waals surface area contributed by atoms with Gasteiger partial charge in [0, 0.05) is 5.69 Å². The van der Waals surface area contributed by atoms with Gasteiger partial charge in [0.2, 0.25) is 5.95 Å². The van der Waals surface area contributed by atoms with Crippen molar-refractivity contribution in [3.8, 4) is 0 Å². The lowest BCUT2D eigenvalue weighted by Crippen LogP contribution is -2.13. The summed E-state index contributed by atoms with van der Waals surface area (Å²) in [4.78, 5) is 17.1. The lowest BCUT2D eigenvalue weighted by Gasteiger charge is -2.13. The number of hydrogen-bond donors (Lipinski definition) is 2. The summed E-state index contributed by atoms with van der Waals surface area (Å²) >= 11 is 0. The number of aromatic nitrogens is 3. The van der Waals surface area contributed by atoms with Crippen LogP contribution in [0.3, 0.4) is 0 Å². The Morgan fingerprint density at radius 3 is 2.10 bits per heavy atom. The van der Waals surface area contributed by atoms with Gasteiger partial charge in [0.15, 0.2) is 0 Å². The van der Waals surface area contributed by atoms with Crippen LogP contribution in [0.25, 0.3) is 0 Å². The van der Waals surface area contributed by atoms with Crippen LogP contribution in [0.15, 0.2) is 48.5 Å². The summed E-state index contributed by atoms with van der Waals surface area (Å²) in [6.07, 6.45) is -8.98. The summed E-state index contributed by atoms with van der Waals surface area (Å²) in [5.74, 6) is 0.159. The number of halogens is 6. The van der Waals surface area contributed by atoms with E-state index in [1.54, 1.807) is 0 Å². The predicted molar refractivity (Wildman–Crippen MR) is 99.1 cm³/mol. The van der Waals surface area contributed by atoms with Crippen LogP contribution in [0, 0.1) is 6.92 Å². The Kier molecular flexibility index (Phi) is 6.29. The highest BCUT2D eigenvalue weighted by atomic mass is 19.4. The van der Waals surface area contributed by atoms with Crippen molar-refractivity contribution < 1.29 is 31.2 Å². The lowest BCUT2D eigenvalue weighted by atomic mass is 10.1. The van der Waals surface area contributed by atoms with Crippen LogP contribution < -0.4 is 10.8 Å². The normalized spacial score (nSPS) is 12.0. The highest BCUT2D eigenvalue weighted by Gasteiger charge is 2.33. The third-order valence-electron chi connectivity index (χ3n) is 3.93. The van der Waals surface area contributed by atoms with E-state index in [0.717, 1.165) is 18.2 Å². The Hall–Kier alpha value is -3.41. The van der Waals surface area contributed by atoms with Crippen LogP contribution in [0.2, 0.25) is 0 Å². The van der Waals surface area contributed by atoms with E-state index in [-0.39, 0.29) is 23.3 Å². The van der Waals surface area contributed by atoms with Gasteiger partial charge in [-0.05, 0) is 42.8 Å². The molecule has 1 aromatic heterocycles. The number of nitrogens with one attached hydrogen (secondary N) is 2. The van der Waals surface area contributed by atoms with Gasteiger partial charge in [-0.1, -0.05) is 18.2 Å². The Bertz CT molecular complexity index is 1040. The minimum absolute atomic E-state index is 0.00838. The number of nitrogens with zero attached hydrogens (tertiary/aromatic N) is 3. The third-order valence-corrected chi connectivity index (χ3v) is 3.93. The van der Waals surface area contributed by atoms with E-state index in [9.17, 15) is 26.3 Å². The smallest absolute Gasteiger partial charge is 0.324 e. The number of hydrogen-bond acceptors (Lipinski definition) is 6. The zero-order chi connectivity index (χ0) is 22.6. The van der Waals surface area contributed by atoms with Crippen LogP contribution in [0.4, 0.5) is 43.9 Å². The van der Waals surface area contributed by atoms with Crippen molar-refractivity contribution in [3.05, 3.63) is 71.0 Å². The van der Waals surface area contributed by atoms with Crippen molar-refractivity contribution in [2.75, 3.05) is 10.8 Å². The maximum atomic E-state index is 13.0. The van der Waals surface area contributed by atoms with E-state index in [1.807, 2.05) is 0 Å². The van der Waals surface area contributed by atoms with Gasteiger partial charge in [-0.2, -0.15) is 41.3 Å². The van der Waals surface area contributed by atoms with E-state index >= 15 is 0 Å². The molecule has 2 N–H and O–H groups in total. The van der Waals surface area contributed by atoms with Crippen molar-refractivity contribution in [1.29, 1.82) is 0 Å². The molecule has 0 saturated heterocycles. The zero-order valence-corrected chi connectivity index (χ0v) is 15.8. The molecule has 0 aliphatic carbocycles. The number of anilines is 3. The molecular weight excluding hydrogens is 428 g/mol. The minimum Gasteiger partial charge on any atom is -0.324 e. The molecular formula is C19H15F6N5O. The largest absolute Gasteiger partial charge is 0.416 e. The standard InChI is InChI=1S/C19H15F6N5O/c1-11-26-16(28-14-8-6-13(7-9-14)18(20,21)22)29-17(27-11)30-31-10-12-4-2-3-5-15(12)19(23,24)25/h2-9H,10H2,1H3,(H2,26,27,28,29,30). The Morgan fingerprint density at radius 1 is 0.806 bits per heavy atom. The summed E-state index contributed by atoms with van der Waals surface area (Å²) in [6.45, 7) is 1.12. The van der Waals surface area contributed by atoms with Crippen molar-refractivity contribution in [1.82, 2.24) is 15.0 Å². The lowest BCUT2D eigenvalue weighted by molar-refractivity contribution is -0.139. The number of aryl methyl sites for hydroxylation is 1. The van der Waals surface area contributed by atoms with Gasteiger partial charge in [0.1, 0.15) is 12.4 Å². The van der Waals surface area contributed by atoms with Crippen molar-refractivity contribution >= 4 is 17.6 Å². The Balaban J connectivity index is 1.67. The molecule has 0 fully saturated rings. The monoisotopic (exact) mass is 443 g/mol. The predicted octanol–water partition coefficient (Wildman–Crippen LogP) is 5.50. The average molecular weight is 443 g/mol. The number of benzene rings is 2. The molecule has 0 saturated carbocycles. The topological polar surface area (TPSA) is 72.0 Å². The summed E-state index contributed by atoms with van der Waals surface area (Å²) in [6, 6.07) is 9.16. The van der Waals surface area contributed by atoms with Crippen molar-refractivity contribution in [2.24, 2.45) is 0 Å². The fourth-order valence-corrected chi connectivity index (χ4v) is 2.56. The zero-order valence-electron chi connectivity index (χ0n) is 15.8. The minimum atomic E-state index is -4.53. The maximum Gasteiger partial charge on any atom is 0.416 e. The fraction of sp³-hybridized carbons (Fsp3) is 0.211. The van der Waals surface area contributed by atoms with Gasteiger partial charge < -0.3 is 5.32 Å². The number of alkyl halides is 6. The van der Waals surface area contributed by atoms with E-state index in [1.165, 1.54) is 37.3 Å². The molecule has 0 aliphatic rings. The third kappa shape index (κ3) is 6.04. The quantitative estimate of drug-likeness (QED) is 0.387. The van der Waals surface area contributed by atoms with Crippen molar-refractivity contribution in [3.63, 3.8) is 0 Å². The molecule has 0 spiro atoms. The van der Waals surface area contributed by atoms with Crippen LogP contribution in [0.5, 0.6) is 0 Å². The van der Waals surface area contributed by atoms with Gasteiger partial charge in [-0.15, -0.1) is 0 Å². The maximum absolute atomic E-state index is 13.0. The van der Waals surface area contributed by atoms with Gasteiger partial charge in [0.25, 0.3) is 5.95 Å². The summed E-state index contributed by atoms with van der Waals surface area (Å²) in [5.41, 5.74) is 0.927. The summed E-state index contributed by atoms with van der Waals surface area (Å²) in [7, 11) is 0. The highest BCUT2D eigenvalue weighted by molar-refractivity contribution is 5.54. The van der Waals surface area contributed by atoms with E-state index in [2.05, 4.69) is 25.7 Å². The first-order chi connectivity index (χ1) is 14.5. The van der Waals surface area contributed by atoms with Gasteiger partial charge in [-0.25, -0.2) is 5.48 Å². The molecule has 0 bridgehead atoms. The molecule has 1 heterocycles. The van der Waals surface area contributed by atoms with Gasteiger partial charge in [0.05, 0.1) is 11.1 Å². The fourth-order valence-electron chi connectivity index (χ4n) is 2.56. The second-order valence-electron chi connectivity index (χ2n) is 6.28. The van der Waals surface area contributed by atoms with Crippen LogP contribution in [-0.2, 0) is 23.8 Å². The first kappa shape index (κ1) is 22.3. The van der Waals surface area contributed by atoms with E-state index in [4.69, 9.17) is 4.84 Å². The molecule has 0 unspecified atom stereocenters.